The predicted octanol–water partition coefficient (Wildman–Crippen LogP) is -2.36. The molecule has 0 aromatic heterocycles. The predicted molar refractivity (Wildman–Crippen MR) is 124 cm³/mol. The van der Waals surface area contributed by atoms with Crippen LogP contribution in [-0.2, 0) is 38.4 Å². The van der Waals surface area contributed by atoms with Crippen LogP contribution in [0.1, 0.15) is 27.7 Å². The fraction of sp³-hybridized carbons (Fsp3) is 0.556. The Morgan fingerprint density at radius 2 is 0.514 bits per heavy atom. The summed E-state index contributed by atoms with van der Waals surface area (Å²) in [5.74, 6) is -8.24. The van der Waals surface area contributed by atoms with Crippen molar-refractivity contribution in [3.8, 4) is 0 Å². The number of hydrogen-bond acceptors (Lipinski definition) is 10. The van der Waals surface area contributed by atoms with Crippen LogP contribution in [0.2, 0.25) is 0 Å². The molecule has 0 aromatic carbocycles. The van der Waals surface area contributed by atoms with Gasteiger partial charge in [0.2, 0.25) is 0 Å². The molecule has 0 aliphatic rings. The fourth-order valence-corrected chi connectivity index (χ4v) is 1.48. The minimum atomic E-state index is -1.23. The molecule has 0 aromatic rings. The number of rotatable bonds is 11. The molecule has 0 heterocycles. The first kappa shape index (κ1) is 46.9. The summed E-state index contributed by atoms with van der Waals surface area (Å²) in [5.41, 5.74) is 0. The maximum atomic E-state index is 10.6. The van der Waals surface area contributed by atoms with E-state index in [-0.39, 0.29) is 42.6 Å². The summed E-state index contributed by atoms with van der Waals surface area (Å²) < 4.78 is 0. The molecule has 0 atom stereocenters. The van der Waals surface area contributed by atoms with Crippen LogP contribution in [0.4, 0.5) is 0 Å². The van der Waals surface area contributed by atoms with Crippen LogP contribution in [0, 0.1) is 0 Å². The second kappa shape index (κ2) is 30.7. The van der Waals surface area contributed by atoms with Crippen molar-refractivity contribution in [1.82, 2.24) is 9.80 Å². The Labute approximate surface area is 233 Å². The van der Waals surface area contributed by atoms with E-state index in [1.807, 2.05) is 0 Å². The fourth-order valence-electron chi connectivity index (χ4n) is 1.48. The van der Waals surface area contributed by atoms with E-state index in [1.54, 1.807) is 0 Å². The Kier molecular flexibility index (Phi) is 39.0. The molecule has 0 saturated carbocycles. The zero-order chi connectivity index (χ0) is 30.0. The van der Waals surface area contributed by atoms with E-state index in [1.165, 1.54) is 0 Å². The Bertz CT molecular complexity index is 597. The van der Waals surface area contributed by atoms with Gasteiger partial charge in [-0.3, -0.25) is 48.2 Å². The van der Waals surface area contributed by atoms with E-state index >= 15 is 0 Å². The Morgan fingerprint density at radius 1 is 0.405 bits per heavy atom. The molecule has 0 unspecified atom stereocenters. The number of nitrogens with zero attached hydrogens (tertiary/aromatic N) is 2. The third-order valence-corrected chi connectivity index (χ3v) is 2.17. The molecule has 212 valence electrons. The number of carbonyl (C=O) groups is 8. The van der Waals surface area contributed by atoms with Crippen molar-refractivity contribution >= 4 is 77.3 Å². The summed E-state index contributed by atoms with van der Waals surface area (Å²) in [4.78, 5) is 80.4. The van der Waals surface area contributed by atoms with E-state index in [9.17, 15) is 19.2 Å². The quantitative estimate of drug-likeness (QED) is 0.123. The third-order valence-electron chi connectivity index (χ3n) is 2.17. The van der Waals surface area contributed by atoms with Gasteiger partial charge >= 0.3 is 53.4 Å². The summed E-state index contributed by atoms with van der Waals surface area (Å²) in [6.45, 7) is 2.08. The molecule has 0 radical (unpaired) electrons. The monoisotopic (exact) mass is 556 g/mol. The molecule has 19 heteroatoms. The molecule has 0 saturated heterocycles. The van der Waals surface area contributed by atoms with E-state index in [2.05, 4.69) is 0 Å². The minimum absolute atomic E-state index is 0. The van der Waals surface area contributed by atoms with Crippen LogP contribution in [0.15, 0.2) is 0 Å². The molecule has 0 rings (SSSR count). The number of hydrogen-bond donors (Lipinski definition) is 8. The van der Waals surface area contributed by atoms with Crippen LogP contribution in [0.25, 0.3) is 0 Å². The first-order valence-corrected chi connectivity index (χ1v) is 9.23. The molecular formula is C18H33N2NaO16. The molecule has 37 heavy (non-hydrogen) atoms. The van der Waals surface area contributed by atoms with Gasteiger partial charge in [0.1, 0.15) is 0 Å². The SMILES string of the molecule is CC(=O)O.CC(=O)O.CC(=O)O.CC(=O)O.O=C(O)CN(CCN(CC(=O)O)CC(=O)O)CC(=O)O.[NaH]. The second-order valence-corrected chi connectivity index (χ2v) is 6.07. The van der Waals surface area contributed by atoms with Crippen LogP contribution in [0.5, 0.6) is 0 Å². The van der Waals surface area contributed by atoms with Crippen molar-refractivity contribution < 1.29 is 79.2 Å². The molecule has 0 spiro atoms. The molecule has 0 bridgehead atoms. The topological polar surface area (TPSA) is 305 Å². The van der Waals surface area contributed by atoms with Crippen molar-refractivity contribution in [3.05, 3.63) is 0 Å². The van der Waals surface area contributed by atoms with E-state index in [0.29, 0.717) is 0 Å². The maximum absolute atomic E-state index is 10.6. The van der Waals surface area contributed by atoms with E-state index < -0.39 is 73.9 Å². The normalized spacial score (nSPS) is 8.49. The zero-order valence-corrected chi connectivity index (χ0v) is 20.0. The van der Waals surface area contributed by atoms with Crippen molar-refractivity contribution in [2.45, 2.75) is 27.7 Å². The van der Waals surface area contributed by atoms with Crippen molar-refractivity contribution in [1.29, 1.82) is 0 Å². The molecule has 0 amide bonds. The number of carboxylic acids is 8. The van der Waals surface area contributed by atoms with Crippen LogP contribution >= 0.6 is 0 Å². The third kappa shape index (κ3) is 98.4. The van der Waals surface area contributed by atoms with Crippen LogP contribution in [-0.4, -0.2) is 167 Å². The first-order chi connectivity index (χ1) is 16.1. The van der Waals surface area contributed by atoms with Crippen molar-refractivity contribution in [2.75, 3.05) is 39.3 Å². The van der Waals surface area contributed by atoms with Crippen molar-refractivity contribution in [2.24, 2.45) is 0 Å². The first-order valence-electron chi connectivity index (χ1n) is 9.23. The second-order valence-electron chi connectivity index (χ2n) is 6.07. The summed E-state index contributed by atoms with van der Waals surface area (Å²) in [6.07, 6.45) is 0. The van der Waals surface area contributed by atoms with E-state index in [0.717, 1.165) is 37.5 Å². The Morgan fingerprint density at radius 3 is 0.595 bits per heavy atom. The van der Waals surface area contributed by atoms with E-state index in [4.69, 9.17) is 60.0 Å². The van der Waals surface area contributed by atoms with Crippen LogP contribution < -0.4 is 0 Å². The number of aliphatic carboxylic acids is 8. The van der Waals surface area contributed by atoms with Gasteiger partial charge in [0.05, 0.1) is 26.2 Å². The Balaban J connectivity index is -0.000000115. The molecular weight excluding hydrogens is 523 g/mol. The molecule has 18 nitrogen and oxygen atoms in total. The summed E-state index contributed by atoms with van der Waals surface area (Å²) in [5, 5.41) is 64.1. The van der Waals surface area contributed by atoms with Gasteiger partial charge in [0, 0.05) is 40.8 Å². The molecule has 0 fully saturated rings. The van der Waals surface area contributed by atoms with Gasteiger partial charge in [-0.05, 0) is 0 Å². The summed E-state index contributed by atoms with van der Waals surface area (Å²) in [6, 6.07) is 0. The average molecular weight is 556 g/mol. The van der Waals surface area contributed by atoms with Crippen LogP contribution in [0.3, 0.4) is 0 Å². The molecule has 0 aliphatic heterocycles. The van der Waals surface area contributed by atoms with Gasteiger partial charge in [-0.1, -0.05) is 0 Å². The van der Waals surface area contributed by atoms with Gasteiger partial charge in [-0.25, -0.2) is 0 Å². The van der Waals surface area contributed by atoms with Gasteiger partial charge in [0.25, 0.3) is 23.9 Å². The molecule has 0 aliphatic carbocycles. The zero-order valence-electron chi connectivity index (χ0n) is 20.0. The standard InChI is InChI=1S/C10H16N2O8.4C2H4O2.Na.H/c13-7(14)3-11(4-8(15)16)1-2-12(5-9(17)18)6-10(19)20;4*1-2(3)4;;/h1-6H2,(H,13,14)(H,15,16)(H,17,18)(H,19,20);4*1H3,(H,3,4);;. The summed E-state index contributed by atoms with van der Waals surface area (Å²) >= 11 is 0. The van der Waals surface area contributed by atoms with Gasteiger partial charge < -0.3 is 40.9 Å². The van der Waals surface area contributed by atoms with Crippen molar-refractivity contribution in [3.63, 3.8) is 0 Å². The summed E-state index contributed by atoms with van der Waals surface area (Å²) in [7, 11) is 0. The average Bonchev–Trinajstić information content (AvgIpc) is 2.55. The van der Waals surface area contributed by atoms with Gasteiger partial charge in [0.15, 0.2) is 0 Å². The Hall–Kier alpha value is -3.32. The van der Waals surface area contributed by atoms with Gasteiger partial charge in [-0.15, -0.1) is 0 Å². The van der Waals surface area contributed by atoms with Gasteiger partial charge in [-0.2, -0.15) is 0 Å². The number of carboxylic acid groups (broad SMARTS) is 8. The molecule has 8 N–H and O–H groups in total.